The maximum atomic E-state index is 11.6. The summed E-state index contributed by atoms with van der Waals surface area (Å²) >= 11 is 3.55. The largest absolute Gasteiger partial charge is 0.489 e. The molecule has 3 nitrogen and oxygen atoms in total. The van der Waals surface area contributed by atoms with Gasteiger partial charge in [0.25, 0.3) is 0 Å². The summed E-state index contributed by atoms with van der Waals surface area (Å²) in [6.07, 6.45) is 0.349. The van der Waals surface area contributed by atoms with Gasteiger partial charge in [0.2, 0.25) is 5.91 Å². The Balaban J connectivity index is 2.19. The molecule has 1 N–H and O–H groups in total. The number of ether oxygens (including phenoxy) is 1. The molecule has 0 aromatic heterocycles. The molecule has 0 saturated carbocycles. The number of aryl methyl sites for hydroxylation is 2. The number of likely N-dealkylation sites (N-methyl/N-ethyl adjacent to an activating group) is 1. The Morgan fingerprint density at radius 2 is 2.00 bits per heavy atom. The first kappa shape index (κ1) is 16.6. The van der Waals surface area contributed by atoms with E-state index in [0.29, 0.717) is 13.0 Å². The van der Waals surface area contributed by atoms with E-state index in [1.807, 2.05) is 37.3 Å². The quantitative estimate of drug-likeness (QED) is 0.875. The van der Waals surface area contributed by atoms with Gasteiger partial charge >= 0.3 is 0 Å². The SMILES string of the molecule is CNC(=O)Cc1cccc(Br)c1COc1ccc(C)cc1C. The molecule has 0 atom stereocenters. The molecule has 0 aliphatic carbocycles. The summed E-state index contributed by atoms with van der Waals surface area (Å²) in [6.45, 7) is 4.53. The van der Waals surface area contributed by atoms with Crippen LogP contribution in [0, 0.1) is 13.8 Å². The third kappa shape index (κ3) is 4.10. The Kier molecular flexibility index (Phi) is 5.61. The van der Waals surface area contributed by atoms with Crippen molar-refractivity contribution >= 4 is 21.8 Å². The number of carbonyl (C=O) groups excluding carboxylic acids is 1. The third-order valence-corrected chi connectivity index (χ3v) is 4.29. The van der Waals surface area contributed by atoms with Crippen LogP contribution in [0.15, 0.2) is 40.9 Å². The standard InChI is InChI=1S/C18H20BrNO2/c1-12-7-8-17(13(2)9-12)22-11-15-14(10-18(21)20-3)5-4-6-16(15)19/h4-9H,10-11H2,1-3H3,(H,20,21). The molecule has 2 aromatic rings. The minimum Gasteiger partial charge on any atom is -0.489 e. The van der Waals surface area contributed by atoms with E-state index < -0.39 is 0 Å². The summed E-state index contributed by atoms with van der Waals surface area (Å²) in [7, 11) is 1.64. The van der Waals surface area contributed by atoms with Crippen LogP contribution >= 0.6 is 15.9 Å². The number of hydrogen-bond donors (Lipinski definition) is 1. The summed E-state index contributed by atoms with van der Waals surface area (Å²) in [6, 6.07) is 12.0. The Morgan fingerprint density at radius 3 is 2.68 bits per heavy atom. The summed E-state index contributed by atoms with van der Waals surface area (Å²) in [5.41, 5.74) is 4.30. The average Bonchev–Trinajstić information content (AvgIpc) is 2.48. The molecule has 0 bridgehead atoms. The number of halogens is 1. The minimum absolute atomic E-state index is 0.00846. The molecular formula is C18H20BrNO2. The average molecular weight is 362 g/mol. The van der Waals surface area contributed by atoms with Gasteiger partial charge in [0.1, 0.15) is 12.4 Å². The van der Waals surface area contributed by atoms with Crippen LogP contribution in [0.25, 0.3) is 0 Å². The molecule has 1 amide bonds. The highest BCUT2D eigenvalue weighted by Crippen LogP contribution is 2.25. The fraction of sp³-hybridized carbons (Fsp3) is 0.278. The molecule has 0 unspecified atom stereocenters. The number of carbonyl (C=O) groups is 1. The van der Waals surface area contributed by atoms with E-state index in [0.717, 1.165) is 26.9 Å². The lowest BCUT2D eigenvalue weighted by atomic mass is 10.0. The normalized spacial score (nSPS) is 10.4. The molecule has 0 aliphatic rings. The van der Waals surface area contributed by atoms with Crippen molar-refractivity contribution in [1.29, 1.82) is 0 Å². The maximum absolute atomic E-state index is 11.6. The zero-order valence-electron chi connectivity index (χ0n) is 13.1. The summed E-state index contributed by atoms with van der Waals surface area (Å²) in [4.78, 5) is 11.6. The lowest BCUT2D eigenvalue weighted by Gasteiger charge is -2.14. The van der Waals surface area contributed by atoms with Crippen LogP contribution in [0.5, 0.6) is 5.75 Å². The first-order chi connectivity index (χ1) is 10.5. The number of hydrogen-bond acceptors (Lipinski definition) is 2. The molecule has 0 aliphatic heterocycles. The lowest BCUT2D eigenvalue weighted by Crippen LogP contribution is -2.21. The third-order valence-electron chi connectivity index (χ3n) is 3.55. The highest BCUT2D eigenvalue weighted by atomic mass is 79.9. The van der Waals surface area contributed by atoms with Crippen LogP contribution in [0.2, 0.25) is 0 Å². The van der Waals surface area contributed by atoms with Gasteiger partial charge < -0.3 is 10.1 Å². The second kappa shape index (κ2) is 7.45. The summed E-state index contributed by atoms with van der Waals surface area (Å²) < 4.78 is 6.91. The van der Waals surface area contributed by atoms with Crippen molar-refractivity contribution in [2.75, 3.05) is 7.05 Å². The first-order valence-corrected chi connectivity index (χ1v) is 7.97. The maximum Gasteiger partial charge on any atom is 0.224 e. The first-order valence-electron chi connectivity index (χ1n) is 7.18. The number of nitrogens with one attached hydrogen (secondary N) is 1. The molecular weight excluding hydrogens is 342 g/mol. The molecule has 0 radical (unpaired) electrons. The van der Waals surface area contributed by atoms with Gasteiger partial charge in [-0.2, -0.15) is 0 Å². The molecule has 2 rings (SSSR count). The Labute approximate surface area is 139 Å². The molecule has 2 aromatic carbocycles. The Morgan fingerprint density at radius 1 is 1.23 bits per heavy atom. The van der Waals surface area contributed by atoms with E-state index >= 15 is 0 Å². The Hall–Kier alpha value is -1.81. The van der Waals surface area contributed by atoms with Crippen LogP contribution in [-0.4, -0.2) is 13.0 Å². The van der Waals surface area contributed by atoms with Crippen molar-refractivity contribution in [3.63, 3.8) is 0 Å². The van der Waals surface area contributed by atoms with E-state index in [2.05, 4.69) is 34.2 Å². The fourth-order valence-corrected chi connectivity index (χ4v) is 2.82. The predicted octanol–water partition coefficient (Wildman–Crippen LogP) is 3.93. The summed E-state index contributed by atoms with van der Waals surface area (Å²) in [5, 5.41) is 2.65. The van der Waals surface area contributed by atoms with Crippen molar-refractivity contribution in [2.45, 2.75) is 26.9 Å². The van der Waals surface area contributed by atoms with Gasteiger partial charge in [-0.15, -0.1) is 0 Å². The number of rotatable bonds is 5. The van der Waals surface area contributed by atoms with E-state index in [1.165, 1.54) is 5.56 Å². The van der Waals surface area contributed by atoms with E-state index in [1.54, 1.807) is 7.05 Å². The van der Waals surface area contributed by atoms with Gasteiger partial charge in [0.05, 0.1) is 6.42 Å². The van der Waals surface area contributed by atoms with Crippen molar-refractivity contribution in [2.24, 2.45) is 0 Å². The predicted molar refractivity (Wildman–Crippen MR) is 92.2 cm³/mol. The smallest absolute Gasteiger partial charge is 0.224 e. The number of amides is 1. The highest BCUT2D eigenvalue weighted by Gasteiger charge is 2.11. The van der Waals surface area contributed by atoms with E-state index in [9.17, 15) is 4.79 Å². The van der Waals surface area contributed by atoms with Crippen molar-refractivity contribution < 1.29 is 9.53 Å². The second-order valence-corrected chi connectivity index (χ2v) is 6.14. The minimum atomic E-state index is -0.00846. The fourth-order valence-electron chi connectivity index (χ4n) is 2.30. The zero-order valence-corrected chi connectivity index (χ0v) is 14.7. The van der Waals surface area contributed by atoms with E-state index in [4.69, 9.17) is 4.74 Å². The van der Waals surface area contributed by atoms with Gasteiger partial charge in [-0.3, -0.25) is 4.79 Å². The van der Waals surface area contributed by atoms with E-state index in [-0.39, 0.29) is 5.91 Å². The van der Waals surface area contributed by atoms with Crippen LogP contribution in [0.1, 0.15) is 22.3 Å². The van der Waals surface area contributed by atoms with Crippen molar-refractivity contribution in [3.8, 4) is 5.75 Å². The van der Waals surface area contributed by atoms with Gasteiger partial charge in [-0.05, 0) is 37.1 Å². The molecule has 0 fully saturated rings. The van der Waals surface area contributed by atoms with Crippen molar-refractivity contribution in [1.82, 2.24) is 5.32 Å². The molecule has 22 heavy (non-hydrogen) atoms. The van der Waals surface area contributed by atoms with Crippen LogP contribution in [0.3, 0.4) is 0 Å². The molecule has 0 heterocycles. The van der Waals surface area contributed by atoms with Crippen molar-refractivity contribution in [3.05, 3.63) is 63.1 Å². The monoisotopic (exact) mass is 361 g/mol. The van der Waals surface area contributed by atoms with Crippen LogP contribution in [-0.2, 0) is 17.8 Å². The van der Waals surface area contributed by atoms with Crippen LogP contribution in [0.4, 0.5) is 0 Å². The van der Waals surface area contributed by atoms with Gasteiger partial charge in [-0.25, -0.2) is 0 Å². The Bertz CT molecular complexity index is 683. The lowest BCUT2D eigenvalue weighted by molar-refractivity contribution is -0.119. The molecule has 4 heteroatoms. The van der Waals surface area contributed by atoms with Gasteiger partial charge in [0, 0.05) is 17.1 Å². The highest BCUT2D eigenvalue weighted by molar-refractivity contribution is 9.10. The topological polar surface area (TPSA) is 38.3 Å². The zero-order chi connectivity index (χ0) is 16.1. The number of benzene rings is 2. The van der Waals surface area contributed by atoms with Crippen LogP contribution < -0.4 is 10.1 Å². The summed E-state index contributed by atoms with van der Waals surface area (Å²) in [5.74, 6) is 0.859. The molecule has 0 saturated heterocycles. The van der Waals surface area contributed by atoms with Gasteiger partial charge in [-0.1, -0.05) is 45.8 Å². The molecule has 116 valence electrons. The second-order valence-electron chi connectivity index (χ2n) is 5.29. The molecule has 0 spiro atoms. The van der Waals surface area contributed by atoms with Gasteiger partial charge in [0.15, 0.2) is 0 Å².